The van der Waals surface area contributed by atoms with Crippen LogP contribution in [0.4, 0.5) is 5.69 Å². The standard InChI is InChI=1S/C21H23N3O6/c1-29-20(27)18(21(28)30-13-14-8-4-2-5-9-14)24(15-10-6-3-7-11-15)19(26)16(22)12-17(23)25/h2-11,16,18H,12-13,22H2,1H3,(H2,23,25)/t16-,18+/m0/s1. The average Bonchev–Trinajstić information content (AvgIpc) is 2.75. The highest BCUT2D eigenvalue weighted by Crippen LogP contribution is 2.20. The zero-order chi connectivity index (χ0) is 22.1. The molecular weight excluding hydrogens is 390 g/mol. The van der Waals surface area contributed by atoms with Crippen molar-refractivity contribution in [3.8, 4) is 0 Å². The molecule has 0 spiro atoms. The Morgan fingerprint density at radius 3 is 2.03 bits per heavy atom. The van der Waals surface area contributed by atoms with Crippen LogP contribution < -0.4 is 16.4 Å². The van der Waals surface area contributed by atoms with E-state index in [9.17, 15) is 19.2 Å². The first kappa shape index (κ1) is 22.6. The van der Waals surface area contributed by atoms with Gasteiger partial charge in [0.2, 0.25) is 17.9 Å². The van der Waals surface area contributed by atoms with Gasteiger partial charge in [-0.15, -0.1) is 0 Å². The molecule has 2 amide bonds. The predicted molar refractivity (Wildman–Crippen MR) is 108 cm³/mol. The van der Waals surface area contributed by atoms with Gasteiger partial charge in [0.05, 0.1) is 19.6 Å². The molecule has 9 nitrogen and oxygen atoms in total. The number of carbonyl (C=O) groups excluding carboxylic acids is 4. The van der Waals surface area contributed by atoms with Crippen LogP contribution in [-0.2, 0) is 35.3 Å². The van der Waals surface area contributed by atoms with Gasteiger partial charge in [-0.3, -0.25) is 14.5 Å². The average molecular weight is 413 g/mol. The molecule has 0 heterocycles. The van der Waals surface area contributed by atoms with Gasteiger partial charge in [0.25, 0.3) is 0 Å². The molecule has 0 bridgehead atoms. The summed E-state index contributed by atoms with van der Waals surface area (Å²) in [6.07, 6.45) is -0.463. The van der Waals surface area contributed by atoms with Crippen LogP contribution in [0.15, 0.2) is 60.7 Å². The molecule has 0 aliphatic rings. The van der Waals surface area contributed by atoms with Crippen molar-refractivity contribution < 1.29 is 28.7 Å². The Hall–Kier alpha value is -3.72. The summed E-state index contributed by atoms with van der Waals surface area (Å²) in [6.45, 7) is -0.114. The van der Waals surface area contributed by atoms with E-state index in [0.717, 1.165) is 12.0 Å². The van der Waals surface area contributed by atoms with Crippen molar-refractivity contribution in [1.29, 1.82) is 0 Å². The molecule has 158 valence electrons. The van der Waals surface area contributed by atoms with Gasteiger partial charge in [0.1, 0.15) is 6.61 Å². The van der Waals surface area contributed by atoms with Crippen LogP contribution in [0.2, 0.25) is 0 Å². The fourth-order valence-electron chi connectivity index (χ4n) is 2.70. The van der Waals surface area contributed by atoms with Crippen molar-refractivity contribution in [3.05, 3.63) is 66.2 Å². The van der Waals surface area contributed by atoms with E-state index < -0.39 is 42.3 Å². The first-order chi connectivity index (χ1) is 14.3. The molecule has 0 radical (unpaired) electrons. The number of nitrogens with zero attached hydrogens (tertiary/aromatic N) is 1. The third-order valence-corrected chi connectivity index (χ3v) is 4.14. The van der Waals surface area contributed by atoms with Gasteiger partial charge in [0, 0.05) is 5.69 Å². The minimum Gasteiger partial charge on any atom is -0.467 e. The molecule has 0 saturated heterocycles. The van der Waals surface area contributed by atoms with E-state index in [1.165, 1.54) is 12.1 Å². The summed E-state index contributed by atoms with van der Waals surface area (Å²) in [5.74, 6) is -3.68. The Labute approximate surface area is 173 Å². The Balaban J connectivity index is 2.37. The molecule has 2 atom stereocenters. The number of esters is 2. The molecule has 0 aromatic heterocycles. The molecular formula is C21H23N3O6. The molecule has 4 N–H and O–H groups in total. The molecule has 0 unspecified atom stereocenters. The van der Waals surface area contributed by atoms with Crippen molar-refractivity contribution in [3.63, 3.8) is 0 Å². The number of anilines is 1. The second kappa shape index (κ2) is 10.7. The normalized spacial score (nSPS) is 12.3. The number of rotatable bonds is 9. The maximum atomic E-state index is 13.0. The van der Waals surface area contributed by atoms with Crippen LogP contribution >= 0.6 is 0 Å². The Morgan fingerprint density at radius 1 is 0.933 bits per heavy atom. The summed E-state index contributed by atoms with van der Waals surface area (Å²) in [7, 11) is 1.08. The highest BCUT2D eigenvalue weighted by atomic mass is 16.6. The van der Waals surface area contributed by atoms with Gasteiger partial charge in [-0.25, -0.2) is 9.59 Å². The van der Waals surface area contributed by atoms with Crippen LogP contribution in [0.3, 0.4) is 0 Å². The van der Waals surface area contributed by atoms with Crippen molar-refractivity contribution in [1.82, 2.24) is 0 Å². The third kappa shape index (κ3) is 5.89. The van der Waals surface area contributed by atoms with E-state index in [4.69, 9.17) is 20.9 Å². The van der Waals surface area contributed by atoms with Gasteiger partial charge < -0.3 is 20.9 Å². The predicted octanol–water partition coefficient (Wildman–Crippen LogP) is 0.507. The molecule has 0 fully saturated rings. The number of nitrogens with two attached hydrogens (primary N) is 2. The fourth-order valence-corrected chi connectivity index (χ4v) is 2.70. The lowest BCUT2D eigenvalue weighted by Crippen LogP contribution is -2.56. The lowest BCUT2D eigenvalue weighted by atomic mass is 10.1. The highest BCUT2D eigenvalue weighted by Gasteiger charge is 2.41. The van der Waals surface area contributed by atoms with Gasteiger partial charge in [0.15, 0.2) is 0 Å². The molecule has 0 saturated carbocycles. The third-order valence-electron chi connectivity index (χ3n) is 4.14. The Bertz CT molecular complexity index is 888. The SMILES string of the molecule is COC(=O)[C@H](C(=O)OCc1ccccc1)N(C(=O)[C@@H](N)CC(N)=O)c1ccccc1. The number of ether oxygens (including phenoxy) is 2. The van der Waals surface area contributed by atoms with E-state index in [-0.39, 0.29) is 12.3 Å². The number of para-hydroxylation sites is 1. The van der Waals surface area contributed by atoms with Crippen molar-refractivity contribution in [2.45, 2.75) is 25.1 Å². The van der Waals surface area contributed by atoms with E-state index in [1.807, 2.05) is 0 Å². The minimum atomic E-state index is -1.76. The molecule has 2 aromatic carbocycles. The maximum Gasteiger partial charge on any atom is 0.341 e. The molecule has 2 aromatic rings. The molecule has 2 rings (SSSR count). The van der Waals surface area contributed by atoms with Crippen LogP contribution in [0, 0.1) is 0 Å². The number of hydrogen-bond donors (Lipinski definition) is 2. The second-order valence-electron chi connectivity index (χ2n) is 6.34. The van der Waals surface area contributed by atoms with Crippen LogP contribution in [-0.4, -0.2) is 42.9 Å². The number of hydrogen-bond acceptors (Lipinski definition) is 7. The lowest BCUT2D eigenvalue weighted by molar-refractivity contribution is -0.157. The van der Waals surface area contributed by atoms with Crippen molar-refractivity contribution in [2.75, 3.05) is 12.0 Å². The number of primary amides is 1. The number of carbonyl (C=O) groups is 4. The zero-order valence-electron chi connectivity index (χ0n) is 16.4. The number of amides is 2. The largest absolute Gasteiger partial charge is 0.467 e. The first-order valence-electron chi connectivity index (χ1n) is 9.05. The van der Waals surface area contributed by atoms with Gasteiger partial charge in [-0.05, 0) is 17.7 Å². The quantitative estimate of drug-likeness (QED) is 0.450. The maximum absolute atomic E-state index is 13.0. The molecule has 9 heteroatoms. The number of benzene rings is 2. The minimum absolute atomic E-state index is 0.114. The summed E-state index contributed by atoms with van der Waals surface area (Å²) in [6, 6.07) is 13.6. The van der Waals surface area contributed by atoms with Crippen LogP contribution in [0.1, 0.15) is 12.0 Å². The summed E-state index contributed by atoms with van der Waals surface area (Å²) in [5.41, 5.74) is 11.8. The van der Waals surface area contributed by atoms with E-state index >= 15 is 0 Å². The Morgan fingerprint density at radius 2 is 1.50 bits per heavy atom. The van der Waals surface area contributed by atoms with Crippen molar-refractivity contribution in [2.24, 2.45) is 11.5 Å². The summed E-state index contributed by atoms with van der Waals surface area (Å²) in [4.78, 5) is 50.4. The van der Waals surface area contributed by atoms with E-state index in [0.29, 0.717) is 5.56 Å². The summed E-state index contributed by atoms with van der Waals surface area (Å²) in [5, 5.41) is 0. The fraction of sp³-hybridized carbons (Fsp3) is 0.238. The van der Waals surface area contributed by atoms with Gasteiger partial charge >= 0.3 is 11.9 Å². The van der Waals surface area contributed by atoms with Gasteiger partial charge in [-0.1, -0.05) is 48.5 Å². The molecule has 0 aliphatic heterocycles. The lowest BCUT2D eigenvalue weighted by Gasteiger charge is -2.30. The van der Waals surface area contributed by atoms with Crippen LogP contribution in [0.5, 0.6) is 0 Å². The second-order valence-corrected chi connectivity index (χ2v) is 6.34. The number of methoxy groups -OCH3 is 1. The zero-order valence-corrected chi connectivity index (χ0v) is 16.4. The highest BCUT2D eigenvalue weighted by molar-refractivity contribution is 6.12. The first-order valence-corrected chi connectivity index (χ1v) is 9.05. The van der Waals surface area contributed by atoms with Gasteiger partial charge in [-0.2, -0.15) is 0 Å². The van der Waals surface area contributed by atoms with E-state index in [1.54, 1.807) is 48.5 Å². The van der Waals surface area contributed by atoms with Crippen molar-refractivity contribution >= 4 is 29.4 Å². The Kier molecular flexibility index (Phi) is 8.07. The van der Waals surface area contributed by atoms with E-state index in [2.05, 4.69) is 0 Å². The topological polar surface area (TPSA) is 142 Å². The summed E-state index contributed by atoms with van der Waals surface area (Å²) < 4.78 is 9.99. The van der Waals surface area contributed by atoms with Crippen LogP contribution in [0.25, 0.3) is 0 Å². The molecule has 0 aliphatic carbocycles. The monoisotopic (exact) mass is 413 g/mol. The molecule has 30 heavy (non-hydrogen) atoms. The smallest absolute Gasteiger partial charge is 0.341 e. The summed E-state index contributed by atoms with van der Waals surface area (Å²) >= 11 is 0.